The quantitative estimate of drug-likeness (QED) is 0.611. The van der Waals surface area contributed by atoms with Gasteiger partial charge in [-0.2, -0.15) is 4.98 Å². The second-order valence-corrected chi connectivity index (χ2v) is 5.56. The van der Waals surface area contributed by atoms with Gasteiger partial charge in [0.15, 0.2) is 5.82 Å². The minimum atomic E-state index is -0.877. The molecular weight excluding hydrogens is 312 g/mol. The van der Waals surface area contributed by atoms with Gasteiger partial charge in [-0.1, -0.05) is 11.2 Å². The minimum Gasteiger partial charge on any atom is -0.462 e. The summed E-state index contributed by atoms with van der Waals surface area (Å²) in [7, 11) is 1.19. The number of carbonyl (C=O) groups is 2. The van der Waals surface area contributed by atoms with Gasteiger partial charge in [0.25, 0.3) is 0 Å². The fraction of sp³-hybridized carbons (Fsp3) is 0.438. The number of pyridine rings is 1. The molecule has 1 saturated heterocycles. The van der Waals surface area contributed by atoms with Crippen LogP contribution in [0.4, 0.5) is 0 Å². The van der Waals surface area contributed by atoms with Crippen molar-refractivity contribution in [3.8, 4) is 0 Å². The summed E-state index contributed by atoms with van der Waals surface area (Å²) in [6.07, 6.45) is 6.36. The first-order chi connectivity index (χ1) is 11.7. The Morgan fingerprint density at radius 3 is 3.04 bits per heavy atom. The van der Waals surface area contributed by atoms with E-state index in [0.717, 1.165) is 18.4 Å². The number of esters is 1. The summed E-state index contributed by atoms with van der Waals surface area (Å²) in [6.45, 7) is 0.478. The van der Waals surface area contributed by atoms with Crippen molar-refractivity contribution >= 4 is 11.9 Å². The van der Waals surface area contributed by atoms with Crippen LogP contribution in [-0.2, 0) is 27.2 Å². The number of amides is 1. The van der Waals surface area contributed by atoms with Crippen molar-refractivity contribution in [2.75, 3.05) is 13.7 Å². The smallest absolute Gasteiger partial charge is 0.396 e. The molecule has 1 aliphatic heterocycles. The maximum atomic E-state index is 12.0. The number of nitrogens with zero attached hydrogens (tertiary/aromatic N) is 4. The lowest BCUT2D eigenvalue weighted by atomic mass is 10.1. The van der Waals surface area contributed by atoms with Crippen LogP contribution in [-0.4, -0.2) is 45.6 Å². The number of methoxy groups -OCH3 is 1. The summed E-state index contributed by atoms with van der Waals surface area (Å²) < 4.78 is 9.81. The average molecular weight is 330 g/mol. The van der Waals surface area contributed by atoms with E-state index < -0.39 is 11.9 Å². The molecule has 1 atom stereocenters. The van der Waals surface area contributed by atoms with Crippen LogP contribution in [0.5, 0.6) is 0 Å². The largest absolute Gasteiger partial charge is 0.462 e. The molecule has 3 rings (SSSR count). The van der Waals surface area contributed by atoms with Gasteiger partial charge in [0.05, 0.1) is 7.11 Å². The molecule has 3 heterocycles. The molecule has 8 nitrogen and oxygen atoms in total. The highest BCUT2D eigenvalue weighted by Crippen LogP contribution is 2.31. The maximum absolute atomic E-state index is 12.0. The highest BCUT2D eigenvalue weighted by Gasteiger charge is 2.37. The molecule has 1 aliphatic rings. The molecule has 1 fully saturated rings. The molecule has 1 unspecified atom stereocenters. The van der Waals surface area contributed by atoms with Crippen LogP contribution in [0.25, 0.3) is 0 Å². The van der Waals surface area contributed by atoms with Crippen LogP contribution in [0.2, 0.25) is 0 Å². The Morgan fingerprint density at radius 2 is 2.29 bits per heavy atom. The van der Waals surface area contributed by atoms with E-state index in [1.54, 1.807) is 12.4 Å². The van der Waals surface area contributed by atoms with Crippen LogP contribution in [0.15, 0.2) is 29.0 Å². The van der Waals surface area contributed by atoms with Crippen LogP contribution in [0, 0.1) is 0 Å². The number of aromatic nitrogens is 3. The second-order valence-electron chi connectivity index (χ2n) is 5.56. The Hall–Kier alpha value is -2.77. The van der Waals surface area contributed by atoms with Gasteiger partial charge in [0, 0.05) is 25.4 Å². The molecule has 2 aromatic rings. The fourth-order valence-electron chi connectivity index (χ4n) is 2.78. The summed E-state index contributed by atoms with van der Waals surface area (Å²) in [5.74, 6) is -0.606. The number of carbonyl (C=O) groups excluding carboxylic acids is 2. The van der Waals surface area contributed by atoms with E-state index in [9.17, 15) is 9.59 Å². The van der Waals surface area contributed by atoms with Crippen molar-refractivity contribution in [3.05, 3.63) is 41.8 Å². The van der Waals surface area contributed by atoms with Gasteiger partial charge in [0.2, 0.25) is 5.89 Å². The number of aryl methyl sites for hydroxylation is 2. The van der Waals surface area contributed by atoms with Crippen molar-refractivity contribution in [1.29, 1.82) is 0 Å². The fourth-order valence-corrected chi connectivity index (χ4v) is 2.78. The zero-order valence-electron chi connectivity index (χ0n) is 13.3. The molecule has 0 saturated carbocycles. The Bertz CT molecular complexity index is 716. The monoisotopic (exact) mass is 330 g/mol. The maximum Gasteiger partial charge on any atom is 0.396 e. The third-order valence-corrected chi connectivity index (χ3v) is 4.00. The lowest BCUT2D eigenvalue weighted by molar-refractivity contribution is -0.158. The first-order valence-electron chi connectivity index (χ1n) is 7.79. The number of rotatable bonds is 4. The molecule has 0 spiro atoms. The van der Waals surface area contributed by atoms with Gasteiger partial charge < -0.3 is 14.2 Å². The van der Waals surface area contributed by atoms with E-state index in [1.807, 2.05) is 12.1 Å². The lowest BCUT2D eigenvalue weighted by Gasteiger charge is -2.19. The highest BCUT2D eigenvalue weighted by atomic mass is 16.5. The molecule has 0 aromatic carbocycles. The lowest BCUT2D eigenvalue weighted by Crippen LogP contribution is -2.36. The standard InChI is InChI=1S/C16H18N4O4/c1-23-16(22)15(21)20-9-3-5-12(20)14-18-13(19-24-14)7-6-11-4-2-8-17-10-11/h2,4,8,10,12H,3,5-7,9H2,1H3. The van der Waals surface area contributed by atoms with Crippen molar-refractivity contribution < 1.29 is 18.8 Å². The summed E-state index contributed by atoms with van der Waals surface area (Å²) in [4.78, 5) is 33.4. The van der Waals surface area contributed by atoms with Gasteiger partial charge >= 0.3 is 11.9 Å². The van der Waals surface area contributed by atoms with Crippen LogP contribution >= 0.6 is 0 Å². The van der Waals surface area contributed by atoms with E-state index in [4.69, 9.17) is 4.52 Å². The molecule has 0 bridgehead atoms. The van der Waals surface area contributed by atoms with Crippen molar-refractivity contribution in [2.24, 2.45) is 0 Å². The molecule has 2 aromatic heterocycles. The third kappa shape index (κ3) is 3.42. The van der Waals surface area contributed by atoms with Crippen molar-refractivity contribution in [2.45, 2.75) is 31.7 Å². The predicted octanol–water partition coefficient (Wildman–Crippen LogP) is 1.09. The van der Waals surface area contributed by atoms with Crippen LogP contribution in [0.1, 0.15) is 36.2 Å². The van der Waals surface area contributed by atoms with Gasteiger partial charge in [-0.05, 0) is 30.9 Å². The zero-order chi connectivity index (χ0) is 16.9. The second kappa shape index (κ2) is 7.20. The Morgan fingerprint density at radius 1 is 1.42 bits per heavy atom. The first kappa shape index (κ1) is 16.1. The van der Waals surface area contributed by atoms with E-state index in [1.165, 1.54) is 12.0 Å². The average Bonchev–Trinajstić information content (AvgIpc) is 3.28. The van der Waals surface area contributed by atoms with E-state index in [0.29, 0.717) is 31.1 Å². The number of ether oxygens (including phenoxy) is 1. The molecule has 8 heteroatoms. The molecule has 1 amide bonds. The Balaban J connectivity index is 1.66. The molecule has 126 valence electrons. The van der Waals surface area contributed by atoms with Crippen molar-refractivity contribution in [3.63, 3.8) is 0 Å². The minimum absolute atomic E-state index is 0.365. The SMILES string of the molecule is COC(=O)C(=O)N1CCCC1c1nc(CCc2cccnc2)no1. The van der Waals surface area contributed by atoms with E-state index in [2.05, 4.69) is 19.9 Å². The predicted molar refractivity (Wildman–Crippen MR) is 81.6 cm³/mol. The number of hydrogen-bond acceptors (Lipinski definition) is 7. The van der Waals surface area contributed by atoms with E-state index >= 15 is 0 Å². The van der Waals surface area contributed by atoms with Crippen LogP contribution < -0.4 is 0 Å². The Labute approximate surface area is 138 Å². The molecule has 0 aliphatic carbocycles. The van der Waals surface area contributed by atoms with Crippen molar-refractivity contribution in [1.82, 2.24) is 20.0 Å². The number of hydrogen-bond donors (Lipinski definition) is 0. The molecular formula is C16H18N4O4. The summed E-state index contributed by atoms with van der Waals surface area (Å²) in [5, 5.41) is 3.97. The summed E-state index contributed by atoms with van der Waals surface area (Å²) in [6, 6.07) is 3.50. The Kier molecular flexibility index (Phi) is 4.83. The van der Waals surface area contributed by atoms with Gasteiger partial charge in [-0.25, -0.2) is 4.79 Å². The normalized spacial score (nSPS) is 17.0. The third-order valence-electron chi connectivity index (χ3n) is 4.00. The van der Waals surface area contributed by atoms with Crippen LogP contribution in [0.3, 0.4) is 0 Å². The summed E-state index contributed by atoms with van der Waals surface area (Å²) in [5.41, 5.74) is 1.09. The molecule has 0 N–H and O–H groups in total. The van der Waals surface area contributed by atoms with E-state index in [-0.39, 0.29) is 6.04 Å². The van der Waals surface area contributed by atoms with Gasteiger partial charge in [-0.15, -0.1) is 0 Å². The zero-order valence-corrected chi connectivity index (χ0v) is 13.3. The topological polar surface area (TPSA) is 98.4 Å². The molecule has 0 radical (unpaired) electrons. The highest BCUT2D eigenvalue weighted by molar-refractivity contribution is 6.32. The van der Waals surface area contributed by atoms with Gasteiger partial charge in [0.1, 0.15) is 6.04 Å². The van der Waals surface area contributed by atoms with Gasteiger partial charge in [-0.3, -0.25) is 9.78 Å². The molecule has 24 heavy (non-hydrogen) atoms. The summed E-state index contributed by atoms with van der Waals surface area (Å²) >= 11 is 0. The first-order valence-corrected chi connectivity index (χ1v) is 7.79. The number of likely N-dealkylation sites (tertiary alicyclic amines) is 1.